The lowest BCUT2D eigenvalue weighted by molar-refractivity contribution is 0.470. The van der Waals surface area contributed by atoms with Crippen LogP contribution >= 0.6 is 0 Å². The summed E-state index contributed by atoms with van der Waals surface area (Å²) in [6.45, 7) is 7.72. The molecule has 0 fully saturated rings. The average Bonchev–Trinajstić information content (AvgIpc) is 2.13. The summed E-state index contributed by atoms with van der Waals surface area (Å²) < 4.78 is 0. The molecule has 2 heteroatoms. The van der Waals surface area contributed by atoms with E-state index >= 15 is 0 Å². The van der Waals surface area contributed by atoms with Crippen molar-refractivity contribution in [3.63, 3.8) is 0 Å². The summed E-state index contributed by atoms with van der Waals surface area (Å²) in [5.41, 5.74) is 5.68. The Hall–Kier alpha value is -0.0800. The minimum Gasteiger partial charge on any atom is -0.328 e. The number of unbranched alkanes of at least 4 members (excludes halogenated alkanes) is 2. The fourth-order valence-electron chi connectivity index (χ4n) is 1.58. The number of hydrogen-bond acceptors (Lipinski definition) is 2. The maximum Gasteiger partial charge on any atom is 0.00387 e. The lowest BCUT2D eigenvalue weighted by Gasteiger charge is -2.13. The van der Waals surface area contributed by atoms with Crippen LogP contribution in [0.2, 0.25) is 0 Å². The predicted molar refractivity (Wildman–Crippen MR) is 64.5 cm³/mol. The zero-order valence-electron chi connectivity index (χ0n) is 10.2. The van der Waals surface area contributed by atoms with Crippen molar-refractivity contribution in [2.24, 2.45) is 5.73 Å². The van der Waals surface area contributed by atoms with Crippen molar-refractivity contribution >= 4 is 0 Å². The second-order valence-corrected chi connectivity index (χ2v) is 4.47. The van der Waals surface area contributed by atoms with Crippen LogP contribution in [0.1, 0.15) is 59.3 Å². The fraction of sp³-hybridized carbons (Fsp3) is 1.00. The normalized spacial score (nSPS) is 15.4. The van der Waals surface area contributed by atoms with Crippen LogP contribution in [0.15, 0.2) is 0 Å². The highest BCUT2D eigenvalue weighted by Crippen LogP contribution is 2.03. The van der Waals surface area contributed by atoms with Gasteiger partial charge in [-0.1, -0.05) is 26.2 Å². The molecule has 0 aromatic carbocycles. The number of hydrogen-bond donors (Lipinski definition) is 2. The minimum absolute atomic E-state index is 0.354. The van der Waals surface area contributed by atoms with Crippen molar-refractivity contribution in [2.75, 3.05) is 6.54 Å². The van der Waals surface area contributed by atoms with Gasteiger partial charge in [-0.15, -0.1) is 0 Å². The van der Waals surface area contributed by atoms with Gasteiger partial charge in [-0.3, -0.25) is 0 Å². The maximum atomic E-state index is 5.68. The second-order valence-electron chi connectivity index (χ2n) is 4.47. The Balaban J connectivity index is 3.14. The van der Waals surface area contributed by atoms with Crippen LogP contribution < -0.4 is 11.1 Å². The lowest BCUT2D eigenvalue weighted by Crippen LogP contribution is -2.28. The molecule has 0 spiro atoms. The highest BCUT2D eigenvalue weighted by molar-refractivity contribution is 4.62. The second kappa shape index (κ2) is 9.47. The summed E-state index contributed by atoms with van der Waals surface area (Å²) in [4.78, 5) is 0. The molecule has 0 bridgehead atoms. The molecule has 2 atom stereocenters. The molecule has 0 radical (unpaired) electrons. The molecule has 14 heavy (non-hydrogen) atoms. The van der Waals surface area contributed by atoms with Crippen LogP contribution in [-0.4, -0.2) is 18.6 Å². The first-order valence-corrected chi connectivity index (χ1v) is 6.15. The largest absolute Gasteiger partial charge is 0.328 e. The van der Waals surface area contributed by atoms with Gasteiger partial charge in [0.05, 0.1) is 0 Å². The Morgan fingerprint density at radius 3 is 2.36 bits per heavy atom. The van der Waals surface area contributed by atoms with E-state index in [1.54, 1.807) is 0 Å². The molecule has 0 aliphatic carbocycles. The van der Waals surface area contributed by atoms with Crippen molar-refractivity contribution in [3.8, 4) is 0 Å². The topological polar surface area (TPSA) is 38.0 Å². The summed E-state index contributed by atoms with van der Waals surface area (Å²) >= 11 is 0. The van der Waals surface area contributed by atoms with Crippen LogP contribution in [0.5, 0.6) is 0 Å². The van der Waals surface area contributed by atoms with Crippen molar-refractivity contribution in [3.05, 3.63) is 0 Å². The van der Waals surface area contributed by atoms with E-state index in [0.717, 1.165) is 13.0 Å². The molecule has 0 saturated heterocycles. The van der Waals surface area contributed by atoms with E-state index in [4.69, 9.17) is 5.73 Å². The summed E-state index contributed by atoms with van der Waals surface area (Å²) in [5, 5.41) is 3.54. The zero-order chi connectivity index (χ0) is 10.8. The third kappa shape index (κ3) is 10.0. The standard InChI is InChI=1S/C12H28N2/c1-4-5-6-9-12(3)14-10-7-8-11(2)13/h11-12,14H,4-10,13H2,1-3H3. The van der Waals surface area contributed by atoms with Crippen LogP contribution in [-0.2, 0) is 0 Å². The molecule has 3 N–H and O–H groups in total. The van der Waals surface area contributed by atoms with Gasteiger partial charge >= 0.3 is 0 Å². The van der Waals surface area contributed by atoms with Crippen molar-refractivity contribution in [1.82, 2.24) is 5.32 Å². The van der Waals surface area contributed by atoms with E-state index in [1.165, 1.54) is 32.1 Å². The van der Waals surface area contributed by atoms with Gasteiger partial charge in [-0.05, 0) is 39.7 Å². The molecule has 0 aromatic rings. The van der Waals surface area contributed by atoms with Crippen LogP contribution in [0.3, 0.4) is 0 Å². The Morgan fingerprint density at radius 1 is 1.07 bits per heavy atom. The zero-order valence-corrected chi connectivity index (χ0v) is 10.2. The van der Waals surface area contributed by atoms with E-state index in [9.17, 15) is 0 Å². The molecular formula is C12H28N2. The molecule has 0 aliphatic rings. The first kappa shape index (κ1) is 13.9. The summed E-state index contributed by atoms with van der Waals surface area (Å²) in [6.07, 6.45) is 7.69. The molecule has 0 saturated carbocycles. The van der Waals surface area contributed by atoms with E-state index in [0.29, 0.717) is 12.1 Å². The maximum absolute atomic E-state index is 5.68. The van der Waals surface area contributed by atoms with E-state index in [2.05, 4.69) is 26.1 Å². The molecule has 0 aliphatic heterocycles. The van der Waals surface area contributed by atoms with Gasteiger partial charge in [-0.2, -0.15) is 0 Å². The van der Waals surface area contributed by atoms with Crippen LogP contribution in [0, 0.1) is 0 Å². The van der Waals surface area contributed by atoms with Gasteiger partial charge < -0.3 is 11.1 Å². The predicted octanol–water partition coefficient (Wildman–Crippen LogP) is 2.67. The monoisotopic (exact) mass is 200 g/mol. The quantitative estimate of drug-likeness (QED) is 0.562. The van der Waals surface area contributed by atoms with Crippen molar-refractivity contribution in [1.29, 1.82) is 0 Å². The van der Waals surface area contributed by atoms with Crippen LogP contribution in [0.4, 0.5) is 0 Å². The van der Waals surface area contributed by atoms with Gasteiger partial charge in [0.1, 0.15) is 0 Å². The van der Waals surface area contributed by atoms with E-state index < -0.39 is 0 Å². The molecular weight excluding hydrogens is 172 g/mol. The van der Waals surface area contributed by atoms with Crippen LogP contribution in [0.25, 0.3) is 0 Å². The summed E-state index contributed by atoms with van der Waals surface area (Å²) in [7, 11) is 0. The highest BCUT2D eigenvalue weighted by atomic mass is 14.9. The molecule has 0 aromatic heterocycles. The number of rotatable bonds is 9. The lowest BCUT2D eigenvalue weighted by atomic mass is 10.1. The minimum atomic E-state index is 0.354. The van der Waals surface area contributed by atoms with Gasteiger partial charge in [0, 0.05) is 12.1 Å². The molecule has 2 nitrogen and oxygen atoms in total. The highest BCUT2D eigenvalue weighted by Gasteiger charge is 2.00. The molecule has 86 valence electrons. The Bertz CT molecular complexity index is 113. The first-order chi connectivity index (χ1) is 6.66. The summed E-state index contributed by atoms with van der Waals surface area (Å²) in [5.74, 6) is 0. The van der Waals surface area contributed by atoms with Crippen molar-refractivity contribution < 1.29 is 0 Å². The molecule has 0 heterocycles. The molecule has 0 rings (SSSR count). The number of nitrogens with two attached hydrogens (primary N) is 1. The number of nitrogens with one attached hydrogen (secondary N) is 1. The fourth-order valence-corrected chi connectivity index (χ4v) is 1.58. The van der Waals surface area contributed by atoms with E-state index in [-0.39, 0.29) is 0 Å². The SMILES string of the molecule is CCCCCC(C)NCCCC(C)N. The van der Waals surface area contributed by atoms with Gasteiger partial charge in [-0.25, -0.2) is 0 Å². The van der Waals surface area contributed by atoms with Gasteiger partial charge in [0.2, 0.25) is 0 Å². The Kier molecular flexibility index (Phi) is 9.42. The smallest absolute Gasteiger partial charge is 0.00387 e. The third-order valence-electron chi connectivity index (χ3n) is 2.57. The molecule has 2 unspecified atom stereocenters. The Morgan fingerprint density at radius 2 is 1.79 bits per heavy atom. The van der Waals surface area contributed by atoms with Crippen molar-refractivity contribution in [2.45, 2.75) is 71.4 Å². The van der Waals surface area contributed by atoms with Gasteiger partial charge in [0.15, 0.2) is 0 Å². The first-order valence-electron chi connectivity index (χ1n) is 6.15. The van der Waals surface area contributed by atoms with E-state index in [1.807, 2.05) is 0 Å². The van der Waals surface area contributed by atoms with Gasteiger partial charge in [0.25, 0.3) is 0 Å². The Labute approximate surface area is 89.6 Å². The average molecular weight is 200 g/mol. The molecule has 0 amide bonds. The third-order valence-corrected chi connectivity index (χ3v) is 2.57. The summed E-state index contributed by atoms with van der Waals surface area (Å²) in [6, 6.07) is 1.03.